The average molecular weight is 452 g/mol. The second-order valence-electron chi connectivity index (χ2n) is 8.45. The smallest absolute Gasteiger partial charge is 0.280 e. The molecule has 2 aromatic carbocycles. The number of halogens is 2. The number of hydrogen-bond donors (Lipinski definition) is 1. The van der Waals surface area contributed by atoms with Crippen LogP contribution in [0, 0.1) is 21.7 Å². The molecule has 0 saturated carbocycles. The van der Waals surface area contributed by atoms with Crippen LogP contribution in [0.5, 0.6) is 0 Å². The minimum Gasteiger partial charge on any atom is -0.369 e. The molecule has 1 N–H and O–H groups in total. The second kappa shape index (κ2) is 8.40. The molecule has 2 aliphatic rings. The Hall–Kier alpha value is -3.59. The van der Waals surface area contributed by atoms with Crippen molar-refractivity contribution in [2.45, 2.75) is 18.9 Å². The van der Waals surface area contributed by atoms with Gasteiger partial charge in [0.25, 0.3) is 11.2 Å². The molecule has 1 unspecified atom stereocenters. The number of pyridine rings is 1. The molecule has 0 bridgehead atoms. The van der Waals surface area contributed by atoms with Gasteiger partial charge in [0.2, 0.25) is 0 Å². The zero-order chi connectivity index (χ0) is 23.1. The summed E-state index contributed by atoms with van der Waals surface area (Å²) in [5.41, 5.74) is 1.52. The third kappa shape index (κ3) is 4.11. The minimum atomic E-state index is -0.813. The summed E-state index contributed by atoms with van der Waals surface area (Å²) in [5.74, 6) is -1.06. The fourth-order valence-electron chi connectivity index (χ4n) is 4.82. The van der Waals surface area contributed by atoms with E-state index in [1.165, 1.54) is 12.1 Å². The summed E-state index contributed by atoms with van der Waals surface area (Å²) in [6.07, 6.45) is 3.73. The molecular weight excluding hydrogens is 430 g/mol. The van der Waals surface area contributed by atoms with Crippen LogP contribution >= 0.6 is 0 Å². The molecule has 0 amide bonds. The second-order valence-corrected chi connectivity index (χ2v) is 8.45. The first-order valence-electron chi connectivity index (χ1n) is 10.9. The Labute approximate surface area is 188 Å². The number of nitro benzene ring substituents is 1. The molecule has 2 heterocycles. The maximum Gasteiger partial charge on any atom is 0.280 e. The summed E-state index contributed by atoms with van der Waals surface area (Å²) in [4.78, 5) is 30.7. The SMILES string of the molecule is O=c1[nH]c(C2=CC(N3CCN(c4ccc(F)cc4)CC3)CC2)cc2c([N+](=O)[O-])cc(F)cc12. The van der Waals surface area contributed by atoms with Crippen molar-refractivity contribution >= 4 is 27.7 Å². The number of nitrogens with one attached hydrogen (secondary N) is 1. The van der Waals surface area contributed by atoms with Gasteiger partial charge in [-0.3, -0.25) is 19.8 Å². The molecule has 170 valence electrons. The van der Waals surface area contributed by atoms with Crippen molar-refractivity contribution in [1.82, 2.24) is 9.88 Å². The fourth-order valence-corrected chi connectivity index (χ4v) is 4.82. The van der Waals surface area contributed by atoms with Crippen LogP contribution in [0.3, 0.4) is 0 Å². The lowest BCUT2D eigenvalue weighted by Crippen LogP contribution is -2.49. The largest absolute Gasteiger partial charge is 0.369 e. The van der Waals surface area contributed by atoms with Crippen LogP contribution in [-0.4, -0.2) is 47.0 Å². The molecule has 1 aliphatic carbocycles. The van der Waals surface area contributed by atoms with E-state index in [4.69, 9.17) is 0 Å². The van der Waals surface area contributed by atoms with E-state index in [2.05, 4.69) is 20.9 Å². The molecule has 1 saturated heterocycles. The van der Waals surface area contributed by atoms with Gasteiger partial charge in [-0.1, -0.05) is 6.08 Å². The number of piperazine rings is 1. The Morgan fingerprint density at radius 1 is 0.970 bits per heavy atom. The predicted molar refractivity (Wildman–Crippen MR) is 122 cm³/mol. The molecule has 7 nitrogen and oxygen atoms in total. The molecule has 3 aromatic rings. The zero-order valence-electron chi connectivity index (χ0n) is 17.8. The number of benzene rings is 2. The third-order valence-corrected chi connectivity index (χ3v) is 6.53. The number of fused-ring (bicyclic) bond motifs is 1. The Kier molecular flexibility index (Phi) is 5.41. The van der Waals surface area contributed by atoms with Crippen LogP contribution in [0.1, 0.15) is 18.5 Å². The van der Waals surface area contributed by atoms with Gasteiger partial charge in [0, 0.05) is 43.6 Å². The molecule has 0 spiro atoms. The Balaban J connectivity index is 1.36. The first-order chi connectivity index (χ1) is 15.9. The summed E-state index contributed by atoms with van der Waals surface area (Å²) < 4.78 is 26.9. The van der Waals surface area contributed by atoms with Crippen LogP contribution in [0.15, 0.2) is 53.3 Å². The maximum absolute atomic E-state index is 13.8. The van der Waals surface area contributed by atoms with Gasteiger partial charge in [0.1, 0.15) is 11.6 Å². The van der Waals surface area contributed by atoms with Crippen molar-refractivity contribution < 1.29 is 13.7 Å². The fraction of sp³-hybridized carbons (Fsp3) is 0.292. The van der Waals surface area contributed by atoms with Gasteiger partial charge in [-0.25, -0.2) is 8.78 Å². The number of nitrogens with zero attached hydrogens (tertiary/aromatic N) is 3. The van der Waals surface area contributed by atoms with Gasteiger partial charge in [-0.15, -0.1) is 0 Å². The zero-order valence-corrected chi connectivity index (χ0v) is 17.8. The Morgan fingerprint density at radius 2 is 1.70 bits per heavy atom. The van der Waals surface area contributed by atoms with Crippen LogP contribution < -0.4 is 10.5 Å². The first-order valence-corrected chi connectivity index (χ1v) is 10.9. The number of H-pyrrole nitrogens is 1. The maximum atomic E-state index is 13.8. The molecular formula is C24H22F2N4O3. The topological polar surface area (TPSA) is 82.5 Å². The lowest BCUT2D eigenvalue weighted by Gasteiger charge is -2.38. The number of anilines is 1. The molecule has 0 radical (unpaired) electrons. The lowest BCUT2D eigenvalue weighted by atomic mass is 10.1. The normalized spacial score (nSPS) is 19.2. The van der Waals surface area contributed by atoms with Crippen LogP contribution in [-0.2, 0) is 0 Å². The third-order valence-electron chi connectivity index (χ3n) is 6.53. The minimum absolute atomic E-state index is 0.0301. The molecule has 9 heteroatoms. The number of allylic oxidation sites excluding steroid dienone is 1. The monoisotopic (exact) mass is 452 g/mol. The number of rotatable bonds is 4. The number of aromatic nitrogens is 1. The summed E-state index contributed by atoms with van der Waals surface area (Å²) in [6.45, 7) is 3.36. The van der Waals surface area contributed by atoms with Crippen LogP contribution in [0.25, 0.3) is 16.3 Å². The van der Waals surface area contributed by atoms with E-state index in [1.54, 1.807) is 18.2 Å². The van der Waals surface area contributed by atoms with Crippen molar-refractivity contribution in [2.24, 2.45) is 0 Å². The van der Waals surface area contributed by atoms with Gasteiger partial charge < -0.3 is 9.88 Å². The lowest BCUT2D eigenvalue weighted by molar-refractivity contribution is -0.383. The van der Waals surface area contributed by atoms with E-state index in [9.17, 15) is 23.7 Å². The average Bonchev–Trinajstić information content (AvgIpc) is 3.30. The molecule has 1 atom stereocenters. The highest BCUT2D eigenvalue weighted by Gasteiger charge is 2.27. The highest BCUT2D eigenvalue weighted by Crippen LogP contribution is 2.33. The van der Waals surface area contributed by atoms with E-state index in [0.29, 0.717) is 5.69 Å². The van der Waals surface area contributed by atoms with E-state index in [1.807, 2.05) is 0 Å². The molecule has 1 fully saturated rings. The van der Waals surface area contributed by atoms with E-state index in [0.717, 1.165) is 62.4 Å². The van der Waals surface area contributed by atoms with Crippen molar-refractivity contribution in [2.75, 3.05) is 31.1 Å². The predicted octanol–water partition coefficient (Wildman–Crippen LogP) is 4.08. The molecule has 1 aliphatic heterocycles. The molecule has 33 heavy (non-hydrogen) atoms. The van der Waals surface area contributed by atoms with E-state index < -0.39 is 22.0 Å². The highest BCUT2D eigenvalue weighted by molar-refractivity contribution is 5.92. The van der Waals surface area contributed by atoms with Gasteiger partial charge in [-0.2, -0.15) is 0 Å². The first kappa shape index (κ1) is 21.3. The van der Waals surface area contributed by atoms with Crippen molar-refractivity contribution in [1.29, 1.82) is 0 Å². The van der Waals surface area contributed by atoms with Crippen molar-refractivity contribution in [3.63, 3.8) is 0 Å². The summed E-state index contributed by atoms with van der Waals surface area (Å²) in [7, 11) is 0. The van der Waals surface area contributed by atoms with E-state index in [-0.39, 0.29) is 22.6 Å². The van der Waals surface area contributed by atoms with Crippen LogP contribution in [0.2, 0.25) is 0 Å². The standard InChI is InChI=1S/C24H22F2N4O3/c25-16-2-5-18(6-3-16)28-7-9-29(10-8-28)19-4-1-15(11-19)22-14-20-21(24(31)27-22)12-17(26)13-23(20)30(32)33/h2-3,5-6,11-14,19H,1,4,7-10H2,(H,27,31). The number of non-ortho nitro benzene ring substituents is 1. The Bertz CT molecular complexity index is 1310. The quantitative estimate of drug-likeness (QED) is 0.477. The van der Waals surface area contributed by atoms with Crippen molar-refractivity contribution in [3.05, 3.63) is 86.3 Å². The highest BCUT2D eigenvalue weighted by atomic mass is 19.1. The summed E-state index contributed by atoms with van der Waals surface area (Å²) in [6, 6.07) is 10.2. The molecule has 1 aromatic heterocycles. The summed E-state index contributed by atoms with van der Waals surface area (Å²) in [5, 5.41) is 11.5. The van der Waals surface area contributed by atoms with Crippen LogP contribution in [0.4, 0.5) is 20.2 Å². The summed E-state index contributed by atoms with van der Waals surface area (Å²) >= 11 is 0. The van der Waals surface area contributed by atoms with E-state index >= 15 is 0 Å². The van der Waals surface area contributed by atoms with Gasteiger partial charge in [0.05, 0.1) is 21.8 Å². The number of aromatic amines is 1. The molecule has 5 rings (SSSR count). The van der Waals surface area contributed by atoms with Gasteiger partial charge in [-0.05, 0) is 54.8 Å². The number of nitro groups is 1. The van der Waals surface area contributed by atoms with Crippen molar-refractivity contribution in [3.8, 4) is 0 Å². The number of hydrogen-bond acceptors (Lipinski definition) is 5. The Morgan fingerprint density at radius 3 is 2.39 bits per heavy atom. The van der Waals surface area contributed by atoms with Gasteiger partial charge >= 0.3 is 0 Å². The van der Waals surface area contributed by atoms with Gasteiger partial charge in [0.15, 0.2) is 0 Å².